The van der Waals surface area contributed by atoms with Gasteiger partial charge in [-0.1, -0.05) is 43.1 Å². The molecule has 124 valence electrons. The van der Waals surface area contributed by atoms with Crippen LogP contribution in [0.5, 0.6) is 0 Å². The van der Waals surface area contributed by atoms with Crippen molar-refractivity contribution in [2.45, 2.75) is 51.2 Å². The second-order valence-electron chi connectivity index (χ2n) is 6.32. The Hall–Kier alpha value is -1.32. The fourth-order valence-corrected chi connectivity index (χ4v) is 3.62. The lowest BCUT2D eigenvalue weighted by Gasteiger charge is -2.37. The number of unbranched alkanes of at least 4 members (excludes halogenated alkanes) is 1. The topological polar surface area (TPSA) is 35.5 Å². The zero-order valence-corrected chi connectivity index (χ0v) is 14.2. The zero-order chi connectivity index (χ0) is 16.2. The number of carbonyl (C=O) groups excluding carboxylic acids is 1. The van der Waals surface area contributed by atoms with Crippen LogP contribution in [0.15, 0.2) is 30.5 Å². The Balaban J connectivity index is 1.69. The third-order valence-corrected chi connectivity index (χ3v) is 5.05. The molecule has 0 saturated heterocycles. The molecule has 0 amide bonds. The highest BCUT2D eigenvalue weighted by atomic mass is 35.5. The maximum absolute atomic E-state index is 12.8. The molecule has 0 N–H and O–H groups in total. The number of hydrogen-bond acceptors (Lipinski definition) is 3. The van der Waals surface area contributed by atoms with Gasteiger partial charge in [0.2, 0.25) is 0 Å². The van der Waals surface area contributed by atoms with E-state index >= 15 is 0 Å². The average Bonchev–Trinajstić information content (AvgIpc) is 2.56. The average molecular weight is 335 g/mol. The van der Waals surface area contributed by atoms with E-state index in [0.29, 0.717) is 10.6 Å². The van der Waals surface area contributed by atoms with Crippen LogP contribution in [0.2, 0.25) is 5.02 Å². The van der Waals surface area contributed by atoms with Crippen LogP contribution in [0.25, 0.3) is 5.57 Å². The standard InChI is InChI=1S/C19H23ClO3/c1-2-3-10-22-13-8-9-15-18(11-13)23-12-16(19(15)21)14-6-4-5-7-17(14)20/h4-7,12-13,15,18H,2-3,8-11H2,1H3. The summed E-state index contributed by atoms with van der Waals surface area (Å²) >= 11 is 6.22. The lowest BCUT2D eigenvalue weighted by atomic mass is 9.78. The van der Waals surface area contributed by atoms with Gasteiger partial charge in [0, 0.05) is 23.6 Å². The number of allylic oxidation sites excluding steroid dienone is 1. The Morgan fingerprint density at radius 1 is 1.30 bits per heavy atom. The molecule has 1 saturated carbocycles. The Bertz CT molecular complexity index is 596. The van der Waals surface area contributed by atoms with Crippen molar-refractivity contribution in [2.75, 3.05) is 6.61 Å². The first-order chi connectivity index (χ1) is 11.2. The molecule has 1 aromatic rings. The molecular weight excluding hydrogens is 312 g/mol. The minimum atomic E-state index is -0.0719. The fourth-order valence-electron chi connectivity index (χ4n) is 3.38. The first-order valence-corrected chi connectivity index (χ1v) is 8.84. The minimum Gasteiger partial charge on any atom is -0.496 e. The van der Waals surface area contributed by atoms with Crippen LogP contribution in [0, 0.1) is 5.92 Å². The molecule has 2 aliphatic rings. The van der Waals surface area contributed by atoms with Gasteiger partial charge in [-0.05, 0) is 25.3 Å². The molecule has 0 spiro atoms. The largest absolute Gasteiger partial charge is 0.496 e. The van der Waals surface area contributed by atoms with Crippen molar-refractivity contribution in [3.8, 4) is 0 Å². The molecule has 4 heteroatoms. The Kier molecular flexibility index (Phi) is 5.39. The van der Waals surface area contributed by atoms with Gasteiger partial charge < -0.3 is 9.47 Å². The van der Waals surface area contributed by atoms with Crippen molar-refractivity contribution in [3.05, 3.63) is 41.1 Å². The van der Waals surface area contributed by atoms with E-state index in [1.807, 2.05) is 18.2 Å². The summed E-state index contributed by atoms with van der Waals surface area (Å²) < 4.78 is 11.8. The van der Waals surface area contributed by atoms with Gasteiger partial charge in [-0.3, -0.25) is 4.79 Å². The van der Waals surface area contributed by atoms with Crippen molar-refractivity contribution in [1.29, 1.82) is 0 Å². The first kappa shape index (κ1) is 16.5. The molecule has 1 aliphatic heterocycles. The number of benzene rings is 1. The lowest BCUT2D eigenvalue weighted by Crippen LogP contribution is -2.41. The number of hydrogen-bond donors (Lipinski definition) is 0. The van der Waals surface area contributed by atoms with Crippen molar-refractivity contribution in [3.63, 3.8) is 0 Å². The summed E-state index contributed by atoms with van der Waals surface area (Å²) in [4.78, 5) is 12.8. The number of rotatable bonds is 5. The van der Waals surface area contributed by atoms with Crippen LogP contribution >= 0.6 is 11.6 Å². The van der Waals surface area contributed by atoms with Gasteiger partial charge in [0.25, 0.3) is 0 Å². The predicted octanol–water partition coefficient (Wildman–Crippen LogP) is 4.63. The van der Waals surface area contributed by atoms with Crippen LogP contribution in [0.1, 0.15) is 44.6 Å². The van der Waals surface area contributed by atoms with E-state index in [2.05, 4.69) is 6.92 Å². The number of halogens is 1. The quantitative estimate of drug-likeness (QED) is 0.736. The smallest absolute Gasteiger partial charge is 0.173 e. The normalized spacial score (nSPS) is 27.1. The van der Waals surface area contributed by atoms with E-state index in [4.69, 9.17) is 21.1 Å². The Labute approximate surface area is 142 Å². The molecule has 3 atom stereocenters. The summed E-state index contributed by atoms with van der Waals surface area (Å²) in [7, 11) is 0. The van der Waals surface area contributed by atoms with Gasteiger partial charge in [-0.2, -0.15) is 0 Å². The van der Waals surface area contributed by atoms with E-state index in [9.17, 15) is 4.79 Å². The molecule has 1 aromatic carbocycles. The highest BCUT2D eigenvalue weighted by molar-refractivity contribution is 6.35. The molecule has 0 bridgehead atoms. The van der Waals surface area contributed by atoms with E-state index in [-0.39, 0.29) is 23.9 Å². The third-order valence-electron chi connectivity index (χ3n) is 4.72. The van der Waals surface area contributed by atoms with E-state index in [0.717, 1.165) is 44.3 Å². The van der Waals surface area contributed by atoms with Crippen LogP contribution in [-0.4, -0.2) is 24.6 Å². The second kappa shape index (κ2) is 7.50. The molecular formula is C19H23ClO3. The van der Waals surface area contributed by atoms with Crippen molar-refractivity contribution in [1.82, 2.24) is 0 Å². The molecule has 1 heterocycles. The Morgan fingerprint density at radius 2 is 2.13 bits per heavy atom. The number of Topliss-reactive ketones (excluding diaryl/α,β-unsaturated/α-hetero) is 1. The van der Waals surface area contributed by atoms with Gasteiger partial charge in [0.1, 0.15) is 6.10 Å². The van der Waals surface area contributed by atoms with Crippen molar-refractivity contribution >= 4 is 23.0 Å². The zero-order valence-electron chi connectivity index (χ0n) is 13.5. The van der Waals surface area contributed by atoms with E-state index in [1.54, 1.807) is 12.3 Å². The maximum atomic E-state index is 12.8. The highest BCUT2D eigenvalue weighted by Gasteiger charge is 2.40. The lowest BCUT2D eigenvalue weighted by molar-refractivity contribution is -0.128. The first-order valence-electron chi connectivity index (χ1n) is 8.47. The van der Waals surface area contributed by atoms with Crippen molar-refractivity contribution < 1.29 is 14.3 Å². The van der Waals surface area contributed by atoms with Gasteiger partial charge in [0.05, 0.1) is 23.9 Å². The van der Waals surface area contributed by atoms with E-state index < -0.39 is 0 Å². The molecule has 1 aliphatic carbocycles. The summed E-state index contributed by atoms with van der Waals surface area (Å²) in [6, 6.07) is 7.42. The molecule has 0 aromatic heterocycles. The van der Waals surface area contributed by atoms with Crippen LogP contribution in [-0.2, 0) is 14.3 Å². The SMILES string of the molecule is CCCCOC1CCC2C(=O)C(c3ccccc3Cl)=COC2C1. The maximum Gasteiger partial charge on any atom is 0.173 e. The van der Waals surface area contributed by atoms with Crippen LogP contribution in [0.4, 0.5) is 0 Å². The van der Waals surface area contributed by atoms with Crippen LogP contribution < -0.4 is 0 Å². The molecule has 3 unspecified atom stereocenters. The number of carbonyl (C=O) groups is 1. The monoisotopic (exact) mass is 334 g/mol. The molecule has 3 rings (SSSR count). The summed E-state index contributed by atoms with van der Waals surface area (Å²) in [6.07, 6.45) is 6.52. The predicted molar refractivity (Wildman–Crippen MR) is 91.3 cm³/mol. The van der Waals surface area contributed by atoms with Gasteiger partial charge in [0.15, 0.2) is 5.78 Å². The number of fused-ring (bicyclic) bond motifs is 1. The summed E-state index contributed by atoms with van der Waals surface area (Å²) in [6.45, 7) is 2.96. The van der Waals surface area contributed by atoms with Gasteiger partial charge in [-0.15, -0.1) is 0 Å². The van der Waals surface area contributed by atoms with Crippen molar-refractivity contribution in [2.24, 2.45) is 5.92 Å². The Morgan fingerprint density at radius 3 is 2.91 bits per heavy atom. The summed E-state index contributed by atoms with van der Waals surface area (Å²) in [5, 5.41) is 0.589. The molecule has 0 radical (unpaired) electrons. The minimum absolute atomic E-state index is 0.0610. The fraction of sp³-hybridized carbons (Fsp3) is 0.526. The van der Waals surface area contributed by atoms with Gasteiger partial charge in [-0.25, -0.2) is 0 Å². The highest BCUT2D eigenvalue weighted by Crippen LogP contribution is 2.38. The molecule has 3 nitrogen and oxygen atoms in total. The summed E-state index contributed by atoms with van der Waals surface area (Å²) in [5.41, 5.74) is 1.36. The van der Waals surface area contributed by atoms with Crippen LogP contribution in [0.3, 0.4) is 0 Å². The van der Waals surface area contributed by atoms with E-state index in [1.165, 1.54) is 0 Å². The molecule has 1 fully saturated rings. The molecule has 23 heavy (non-hydrogen) atoms. The number of ether oxygens (including phenoxy) is 2. The third kappa shape index (κ3) is 3.61. The summed E-state index contributed by atoms with van der Waals surface area (Å²) in [5.74, 6) is 0.0821. The van der Waals surface area contributed by atoms with Gasteiger partial charge >= 0.3 is 0 Å². The second-order valence-corrected chi connectivity index (χ2v) is 6.72. The number of ketones is 1.